The maximum absolute atomic E-state index is 12.5. The van der Waals surface area contributed by atoms with Gasteiger partial charge < -0.3 is 9.64 Å². The number of fused-ring (bicyclic) bond motifs is 2. The van der Waals surface area contributed by atoms with Gasteiger partial charge in [0.15, 0.2) is 0 Å². The standard InChI is InChI=1S/C20H21NO3S/c1-14-8-13-25-17(14)6-7-18(22)21-11-9-20(10-12-21)16-5-3-2-4-15(16)19(23)24-20/h2-5,8,13H,6-7,9-12H2,1H3. The second-order valence-corrected chi connectivity index (χ2v) is 7.84. The highest BCUT2D eigenvalue weighted by molar-refractivity contribution is 7.10. The lowest BCUT2D eigenvalue weighted by Crippen LogP contribution is -2.45. The van der Waals surface area contributed by atoms with Crippen LogP contribution < -0.4 is 0 Å². The number of esters is 1. The molecule has 0 saturated carbocycles. The minimum Gasteiger partial charge on any atom is -0.450 e. The fourth-order valence-electron chi connectivity index (χ4n) is 3.87. The normalized spacial score (nSPS) is 18.3. The molecule has 0 radical (unpaired) electrons. The van der Waals surface area contributed by atoms with E-state index in [4.69, 9.17) is 4.74 Å². The van der Waals surface area contributed by atoms with Gasteiger partial charge in [0.1, 0.15) is 5.60 Å². The lowest BCUT2D eigenvalue weighted by atomic mass is 9.83. The summed E-state index contributed by atoms with van der Waals surface area (Å²) in [4.78, 5) is 27.9. The summed E-state index contributed by atoms with van der Waals surface area (Å²) < 4.78 is 5.75. The van der Waals surface area contributed by atoms with Gasteiger partial charge in [-0.1, -0.05) is 18.2 Å². The summed E-state index contributed by atoms with van der Waals surface area (Å²) in [6, 6.07) is 9.72. The largest absolute Gasteiger partial charge is 0.450 e. The number of likely N-dealkylation sites (tertiary alicyclic amines) is 1. The van der Waals surface area contributed by atoms with Crippen LogP contribution in [0.25, 0.3) is 0 Å². The van der Waals surface area contributed by atoms with E-state index >= 15 is 0 Å². The number of piperidine rings is 1. The number of hydrogen-bond donors (Lipinski definition) is 0. The van der Waals surface area contributed by atoms with E-state index in [0.29, 0.717) is 37.9 Å². The predicted octanol–water partition coefficient (Wildman–Crippen LogP) is 3.68. The third-order valence-electron chi connectivity index (χ3n) is 5.38. The second kappa shape index (κ2) is 6.30. The molecule has 0 aliphatic carbocycles. The van der Waals surface area contributed by atoms with Crippen LogP contribution in [0.15, 0.2) is 35.7 Å². The van der Waals surface area contributed by atoms with Crippen molar-refractivity contribution < 1.29 is 14.3 Å². The van der Waals surface area contributed by atoms with Crippen molar-refractivity contribution in [3.05, 3.63) is 57.3 Å². The molecule has 1 amide bonds. The van der Waals surface area contributed by atoms with Crippen molar-refractivity contribution in [2.45, 2.75) is 38.2 Å². The molecule has 1 spiro atoms. The lowest BCUT2D eigenvalue weighted by Gasteiger charge is -2.38. The van der Waals surface area contributed by atoms with Gasteiger partial charge in [0, 0.05) is 42.8 Å². The van der Waals surface area contributed by atoms with Gasteiger partial charge >= 0.3 is 5.97 Å². The summed E-state index contributed by atoms with van der Waals surface area (Å²) in [6.07, 6.45) is 2.71. The monoisotopic (exact) mass is 355 g/mol. The van der Waals surface area contributed by atoms with Crippen LogP contribution in [0.1, 0.15) is 45.6 Å². The molecule has 1 aromatic heterocycles. The number of nitrogens with zero attached hydrogens (tertiary/aromatic N) is 1. The molecular formula is C20H21NO3S. The van der Waals surface area contributed by atoms with Crippen LogP contribution in [0.5, 0.6) is 0 Å². The number of thiophene rings is 1. The van der Waals surface area contributed by atoms with Crippen LogP contribution in [-0.2, 0) is 21.6 Å². The molecule has 4 nitrogen and oxygen atoms in total. The zero-order valence-corrected chi connectivity index (χ0v) is 15.1. The average Bonchev–Trinajstić information content (AvgIpc) is 3.16. The Hall–Kier alpha value is -2.14. The second-order valence-electron chi connectivity index (χ2n) is 6.84. The van der Waals surface area contributed by atoms with Gasteiger partial charge in [0.25, 0.3) is 0 Å². The van der Waals surface area contributed by atoms with E-state index in [2.05, 4.69) is 18.4 Å². The molecule has 5 heteroatoms. The number of amides is 1. The first-order valence-electron chi connectivity index (χ1n) is 8.73. The van der Waals surface area contributed by atoms with E-state index in [-0.39, 0.29) is 11.9 Å². The first-order valence-corrected chi connectivity index (χ1v) is 9.61. The Morgan fingerprint density at radius 1 is 1.24 bits per heavy atom. The minimum absolute atomic E-state index is 0.195. The molecule has 0 N–H and O–H groups in total. The molecule has 0 atom stereocenters. The van der Waals surface area contributed by atoms with Gasteiger partial charge in [-0.15, -0.1) is 11.3 Å². The van der Waals surface area contributed by atoms with Crippen molar-refractivity contribution in [1.82, 2.24) is 4.90 Å². The number of hydrogen-bond acceptors (Lipinski definition) is 4. The van der Waals surface area contributed by atoms with E-state index in [1.807, 2.05) is 29.2 Å². The van der Waals surface area contributed by atoms with E-state index in [1.54, 1.807) is 11.3 Å². The third-order valence-corrected chi connectivity index (χ3v) is 6.47. The fourth-order valence-corrected chi connectivity index (χ4v) is 4.78. The Morgan fingerprint density at radius 3 is 2.72 bits per heavy atom. The first-order chi connectivity index (χ1) is 12.1. The number of benzene rings is 1. The molecule has 0 bridgehead atoms. The van der Waals surface area contributed by atoms with E-state index in [0.717, 1.165) is 12.0 Å². The summed E-state index contributed by atoms with van der Waals surface area (Å²) >= 11 is 1.72. The van der Waals surface area contributed by atoms with Crippen molar-refractivity contribution in [3.8, 4) is 0 Å². The van der Waals surface area contributed by atoms with Crippen molar-refractivity contribution in [3.63, 3.8) is 0 Å². The maximum Gasteiger partial charge on any atom is 0.339 e. The van der Waals surface area contributed by atoms with Crippen molar-refractivity contribution >= 4 is 23.2 Å². The molecule has 130 valence electrons. The number of carbonyl (C=O) groups excluding carboxylic acids is 2. The summed E-state index contributed by atoms with van der Waals surface area (Å²) in [6.45, 7) is 3.38. The molecule has 1 aromatic carbocycles. The summed E-state index contributed by atoms with van der Waals surface area (Å²) in [5, 5.41) is 2.08. The van der Waals surface area contributed by atoms with Gasteiger partial charge in [0.05, 0.1) is 5.56 Å². The van der Waals surface area contributed by atoms with Crippen LogP contribution in [-0.4, -0.2) is 29.9 Å². The van der Waals surface area contributed by atoms with Crippen LogP contribution in [0.3, 0.4) is 0 Å². The quantitative estimate of drug-likeness (QED) is 0.789. The van der Waals surface area contributed by atoms with Gasteiger partial charge in [-0.3, -0.25) is 4.79 Å². The topological polar surface area (TPSA) is 46.6 Å². The summed E-state index contributed by atoms with van der Waals surface area (Å²) in [5.41, 5.74) is 2.40. The Morgan fingerprint density at radius 2 is 2.00 bits per heavy atom. The molecule has 25 heavy (non-hydrogen) atoms. The van der Waals surface area contributed by atoms with Crippen molar-refractivity contribution in [2.24, 2.45) is 0 Å². The minimum atomic E-state index is -0.533. The highest BCUT2D eigenvalue weighted by atomic mass is 32.1. The number of ether oxygens (including phenoxy) is 1. The number of carbonyl (C=O) groups is 2. The molecular weight excluding hydrogens is 334 g/mol. The molecule has 2 aromatic rings. The van der Waals surface area contributed by atoms with Gasteiger partial charge in [-0.05, 0) is 36.4 Å². The SMILES string of the molecule is Cc1ccsc1CCC(=O)N1CCC2(CC1)OC(=O)c1ccccc12. The zero-order valence-electron chi connectivity index (χ0n) is 14.3. The Labute approximate surface area is 151 Å². The van der Waals surface area contributed by atoms with Crippen LogP contribution >= 0.6 is 11.3 Å². The van der Waals surface area contributed by atoms with Crippen LogP contribution in [0.2, 0.25) is 0 Å². The highest BCUT2D eigenvalue weighted by Crippen LogP contribution is 2.44. The van der Waals surface area contributed by atoms with Crippen molar-refractivity contribution in [2.75, 3.05) is 13.1 Å². The van der Waals surface area contributed by atoms with Crippen LogP contribution in [0, 0.1) is 6.92 Å². The Bertz CT molecular complexity index is 818. The lowest BCUT2D eigenvalue weighted by molar-refractivity contribution is -0.135. The number of aryl methyl sites for hydroxylation is 2. The maximum atomic E-state index is 12.5. The summed E-state index contributed by atoms with van der Waals surface area (Å²) in [7, 11) is 0. The van der Waals surface area contributed by atoms with Gasteiger partial charge in [-0.2, -0.15) is 0 Å². The molecule has 1 fully saturated rings. The summed E-state index contributed by atoms with van der Waals surface area (Å²) in [5.74, 6) is -0.0381. The zero-order chi connectivity index (χ0) is 17.4. The Balaban J connectivity index is 1.40. The first kappa shape index (κ1) is 16.3. The average molecular weight is 355 g/mol. The highest BCUT2D eigenvalue weighted by Gasteiger charge is 2.47. The van der Waals surface area contributed by atoms with Gasteiger partial charge in [0.2, 0.25) is 5.91 Å². The van der Waals surface area contributed by atoms with Crippen LogP contribution in [0.4, 0.5) is 0 Å². The Kier molecular flexibility index (Phi) is 4.12. The fraction of sp³-hybridized carbons (Fsp3) is 0.400. The van der Waals surface area contributed by atoms with Crippen molar-refractivity contribution in [1.29, 1.82) is 0 Å². The molecule has 4 rings (SSSR count). The van der Waals surface area contributed by atoms with Gasteiger partial charge in [-0.25, -0.2) is 4.79 Å². The molecule has 1 saturated heterocycles. The van der Waals surface area contributed by atoms with E-state index in [9.17, 15) is 9.59 Å². The molecule has 2 aliphatic rings. The molecule has 2 aliphatic heterocycles. The predicted molar refractivity (Wildman–Crippen MR) is 96.7 cm³/mol. The third kappa shape index (κ3) is 2.86. The molecule has 3 heterocycles. The molecule has 0 unspecified atom stereocenters. The van der Waals surface area contributed by atoms with E-state index < -0.39 is 5.60 Å². The number of rotatable bonds is 3. The smallest absolute Gasteiger partial charge is 0.339 e. The van der Waals surface area contributed by atoms with E-state index in [1.165, 1.54) is 10.4 Å².